The molecule has 27 heavy (non-hydrogen) atoms. The van der Waals surface area contributed by atoms with E-state index in [1.807, 2.05) is 11.8 Å². The molecule has 1 fully saturated rings. The molecule has 0 aliphatic carbocycles. The number of hydrogen-bond acceptors (Lipinski definition) is 4. The largest absolute Gasteiger partial charge is 0.480 e. The first-order chi connectivity index (χ1) is 12.8. The number of carbonyl (C=O) groups is 2. The lowest BCUT2D eigenvalue weighted by Crippen LogP contribution is -2.48. The van der Waals surface area contributed by atoms with E-state index in [0.29, 0.717) is 17.1 Å². The van der Waals surface area contributed by atoms with Crippen LogP contribution in [-0.4, -0.2) is 77.5 Å². The molecule has 0 radical (unpaired) electrons. The Morgan fingerprint density at radius 2 is 2.00 bits per heavy atom. The maximum Gasteiger partial charge on any atom is 0.317 e. The molecule has 1 N–H and O–H groups in total. The number of aliphatic carboxylic acids is 1. The fourth-order valence-corrected chi connectivity index (χ4v) is 3.66. The molecule has 6 nitrogen and oxygen atoms in total. The summed E-state index contributed by atoms with van der Waals surface area (Å²) in [5.74, 6) is -1.32. The SMILES string of the molecule is CCN(CC(=O)O)C1CCN(CC(=O)N(C)Cc2c(F)cccc2Cl)CC1. The maximum absolute atomic E-state index is 13.9. The molecule has 150 valence electrons. The minimum absolute atomic E-state index is 0.0479. The predicted molar refractivity (Wildman–Crippen MR) is 102 cm³/mol. The molecular weight excluding hydrogens is 373 g/mol. The lowest BCUT2D eigenvalue weighted by Gasteiger charge is -2.37. The van der Waals surface area contributed by atoms with Crippen LogP contribution in [0.25, 0.3) is 0 Å². The Balaban J connectivity index is 1.84. The van der Waals surface area contributed by atoms with Crippen LogP contribution >= 0.6 is 11.6 Å². The van der Waals surface area contributed by atoms with Gasteiger partial charge in [0.25, 0.3) is 0 Å². The van der Waals surface area contributed by atoms with Gasteiger partial charge in [0.05, 0.1) is 13.1 Å². The number of nitrogens with zero attached hydrogens (tertiary/aromatic N) is 3. The molecule has 1 heterocycles. The van der Waals surface area contributed by atoms with E-state index in [4.69, 9.17) is 16.7 Å². The summed E-state index contributed by atoms with van der Waals surface area (Å²) in [6, 6.07) is 4.71. The van der Waals surface area contributed by atoms with Crippen molar-refractivity contribution in [2.24, 2.45) is 0 Å². The Morgan fingerprint density at radius 3 is 2.56 bits per heavy atom. The molecule has 0 bridgehead atoms. The van der Waals surface area contributed by atoms with Crippen molar-refractivity contribution in [1.82, 2.24) is 14.7 Å². The van der Waals surface area contributed by atoms with E-state index in [-0.39, 0.29) is 31.6 Å². The van der Waals surface area contributed by atoms with Crippen LogP contribution in [0.5, 0.6) is 0 Å². The molecule has 1 saturated heterocycles. The van der Waals surface area contributed by atoms with E-state index in [9.17, 15) is 14.0 Å². The van der Waals surface area contributed by atoms with E-state index in [1.54, 1.807) is 13.1 Å². The topological polar surface area (TPSA) is 64.1 Å². The number of carboxylic acid groups (broad SMARTS) is 1. The fraction of sp³-hybridized carbons (Fsp3) is 0.579. The highest BCUT2D eigenvalue weighted by Crippen LogP contribution is 2.21. The first-order valence-corrected chi connectivity index (χ1v) is 9.54. The van der Waals surface area contributed by atoms with E-state index in [2.05, 4.69) is 4.90 Å². The van der Waals surface area contributed by atoms with Gasteiger partial charge >= 0.3 is 5.97 Å². The van der Waals surface area contributed by atoms with E-state index < -0.39 is 11.8 Å². The van der Waals surface area contributed by atoms with Crippen molar-refractivity contribution >= 4 is 23.5 Å². The molecule has 2 rings (SSSR count). The van der Waals surface area contributed by atoms with Crippen LogP contribution in [0.15, 0.2) is 18.2 Å². The highest BCUT2D eigenvalue weighted by Gasteiger charge is 2.26. The maximum atomic E-state index is 13.9. The number of amides is 1. The van der Waals surface area contributed by atoms with Crippen molar-refractivity contribution in [3.63, 3.8) is 0 Å². The van der Waals surface area contributed by atoms with Gasteiger partial charge in [-0.2, -0.15) is 0 Å². The monoisotopic (exact) mass is 399 g/mol. The van der Waals surface area contributed by atoms with E-state index in [1.165, 1.54) is 17.0 Å². The lowest BCUT2D eigenvalue weighted by atomic mass is 10.0. The smallest absolute Gasteiger partial charge is 0.317 e. The average Bonchev–Trinajstić information content (AvgIpc) is 2.63. The van der Waals surface area contributed by atoms with Crippen LogP contribution in [0.4, 0.5) is 4.39 Å². The number of likely N-dealkylation sites (tertiary alicyclic amines) is 1. The second-order valence-corrected chi connectivity index (χ2v) is 7.32. The third-order valence-electron chi connectivity index (χ3n) is 5.06. The number of carboxylic acids is 1. The zero-order chi connectivity index (χ0) is 20.0. The molecule has 1 aromatic carbocycles. The van der Waals surface area contributed by atoms with Gasteiger partial charge in [-0.3, -0.25) is 19.4 Å². The fourth-order valence-electron chi connectivity index (χ4n) is 3.44. The highest BCUT2D eigenvalue weighted by atomic mass is 35.5. The second-order valence-electron chi connectivity index (χ2n) is 6.91. The molecule has 1 amide bonds. The molecule has 0 aromatic heterocycles. The summed E-state index contributed by atoms with van der Waals surface area (Å²) in [7, 11) is 1.64. The predicted octanol–water partition coefficient (Wildman–Crippen LogP) is 2.31. The van der Waals surface area contributed by atoms with Crippen LogP contribution in [0.1, 0.15) is 25.3 Å². The number of halogens is 2. The Kier molecular flexibility index (Phi) is 8.01. The van der Waals surface area contributed by atoms with E-state index >= 15 is 0 Å². The number of piperidine rings is 1. The van der Waals surface area contributed by atoms with Crippen LogP contribution in [0, 0.1) is 5.82 Å². The molecule has 0 unspecified atom stereocenters. The van der Waals surface area contributed by atoms with Gasteiger partial charge < -0.3 is 10.0 Å². The molecule has 0 saturated carbocycles. The second kappa shape index (κ2) is 10.0. The minimum atomic E-state index is -0.817. The van der Waals surface area contributed by atoms with Crippen molar-refractivity contribution in [3.8, 4) is 0 Å². The summed E-state index contributed by atoms with van der Waals surface area (Å²) in [6.45, 7) is 4.57. The zero-order valence-electron chi connectivity index (χ0n) is 15.8. The Bertz CT molecular complexity index is 645. The van der Waals surface area contributed by atoms with E-state index in [0.717, 1.165) is 25.9 Å². The summed E-state index contributed by atoms with van der Waals surface area (Å²) in [5.41, 5.74) is 0.320. The molecular formula is C19H27ClFN3O3. The van der Waals surface area contributed by atoms with Gasteiger partial charge in [0, 0.05) is 43.3 Å². The third kappa shape index (κ3) is 6.16. The molecule has 8 heteroatoms. The molecule has 1 aromatic rings. The Labute approximate surface area is 164 Å². The third-order valence-corrected chi connectivity index (χ3v) is 5.41. The Hall–Kier alpha value is -1.70. The first kappa shape index (κ1) is 21.6. The van der Waals surface area contributed by atoms with Gasteiger partial charge in [-0.05, 0) is 31.5 Å². The summed E-state index contributed by atoms with van der Waals surface area (Å²) < 4.78 is 13.9. The van der Waals surface area contributed by atoms with Crippen molar-refractivity contribution in [2.45, 2.75) is 32.4 Å². The molecule has 0 atom stereocenters. The number of rotatable bonds is 8. The van der Waals surface area contributed by atoms with Crippen LogP contribution < -0.4 is 0 Å². The number of benzene rings is 1. The standard InChI is InChI=1S/C19H27ClFN3O3/c1-3-24(13-19(26)27)14-7-9-23(10-8-14)12-18(25)22(2)11-15-16(20)5-4-6-17(15)21/h4-6,14H,3,7-13H2,1-2H3,(H,26,27). The van der Waals surface area contributed by atoms with Gasteiger partial charge in [0.1, 0.15) is 5.82 Å². The minimum Gasteiger partial charge on any atom is -0.480 e. The van der Waals surface area contributed by atoms with Gasteiger partial charge in [0.15, 0.2) is 0 Å². The van der Waals surface area contributed by atoms with Crippen LogP contribution in [-0.2, 0) is 16.1 Å². The van der Waals surface area contributed by atoms with Crippen molar-refractivity contribution in [1.29, 1.82) is 0 Å². The van der Waals surface area contributed by atoms with Crippen molar-refractivity contribution in [3.05, 3.63) is 34.6 Å². The van der Waals surface area contributed by atoms with Gasteiger partial charge in [0.2, 0.25) is 5.91 Å². The van der Waals surface area contributed by atoms with Crippen LogP contribution in [0.2, 0.25) is 5.02 Å². The Morgan fingerprint density at radius 1 is 1.33 bits per heavy atom. The summed E-state index contributed by atoms with van der Waals surface area (Å²) in [6.07, 6.45) is 1.66. The zero-order valence-corrected chi connectivity index (χ0v) is 16.6. The van der Waals surface area contributed by atoms with Crippen molar-refractivity contribution in [2.75, 3.05) is 39.8 Å². The van der Waals surface area contributed by atoms with Gasteiger partial charge in [-0.25, -0.2) is 4.39 Å². The number of hydrogen-bond donors (Lipinski definition) is 1. The quantitative estimate of drug-likeness (QED) is 0.726. The van der Waals surface area contributed by atoms with Crippen LogP contribution in [0.3, 0.4) is 0 Å². The normalized spacial score (nSPS) is 15.9. The molecule has 0 spiro atoms. The first-order valence-electron chi connectivity index (χ1n) is 9.16. The number of carbonyl (C=O) groups excluding carboxylic acids is 1. The van der Waals surface area contributed by atoms with Gasteiger partial charge in [-0.15, -0.1) is 0 Å². The van der Waals surface area contributed by atoms with Crippen molar-refractivity contribution < 1.29 is 19.1 Å². The molecule has 1 aliphatic heterocycles. The average molecular weight is 400 g/mol. The van der Waals surface area contributed by atoms with Gasteiger partial charge in [-0.1, -0.05) is 24.6 Å². The summed E-state index contributed by atoms with van der Waals surface area (Å²) in [4.78, 5) is 29.0. The summed E-state index contributed by atoms with van der Waals surface area (Å²) >= 11 is 6.03. The molecule has 1 aliphatic rings. The summed E-state index contributed by atoms with van der Waals surface area (Å²) in [5, 5.41) is 9.31. The number of likely N-dealkylation sites (N-methyl/N-ethyl adjacent to an activating group) is 2. The lowest BCUT2D eigenvalue weighted by molar-refractivity contribution is -0.139. The highest BCUT2D eigenvalue weighted by molar-refractivity contribution is 6.31.